The van der Waals surface area contributed by atoms with Crippen molar-refractivity contribution >= 4 is 0 Å². The summed E-state index contributed by atoms with van der Waals surface area (Å²) < 4.78 is 0. The number of hydrogen-bond donors (Lipinski definition) is 0. The maximum atomic E-state index is 2.40. The highest BCUT2D eigenvalue weighted by molar-refractivity contribution is 5.09. The van der Waals surface area contributed by atoms with Crippen molar-refractivity contribution in [2.75, 3.05) is 0 Å². The van der Waals surface area contributed by atoms with Gasteiger partial charge in [0.25, 0.3) is 0 Å². The SMILES string of the molecule is CC1CC2C=CC1C2.CC1CC2C=CC1C2. The first-order valence-electron chi connectivity index (χ1n) is 7.09. The molecule has 6 atom stereocenters. The molecule has 0 aromatic rings. The van der Waals surface area contributed by atoms with Gasteiger partial charge in [0.05, 0.1) is 0 Å². The number of fused-ring (bicyclic) bond motifs is 4. The van der Waals surface area contributed by atoms with E-state index in [2.05, 4.69) is 38.2 Å². The van der Waals surface area contributed by atoms with Crippen LogP contribution < -0.4 is 0 Å². The molecule has 0 aromatic heterocycles. The fourth-order valence-corrected chi connectivity index (χ4v) is 4.11. The fraction of sp³-hybridized carbons (Fsp3) is 0.750. The van der Waals surface area contributed by atoms with Gasteiger partial charge in [0.15, 0.2) is 0 Å². The zero-order valence-corrected chi connectivity index (χ0v) is 10.6. The minimum Gasteiger partial charge on any atom is -0.0851 e. The van der Waals surface area contributed by atoms with Crippen LogP contribution in [-0.2, 0) is 0 Å². The third-order valence-corrected chi connectivity index (χ3v) is 5.22. The highest BCUT2D eigenvalue weighted by Crippen LogP contribution is 2.43. The summed E-state index contributed by atoms with van der Waals surface area (Å²) >= 11 is 0. The average molecular weight is 216 g/mol. The van der Waals surface area contributed by atoms with Crippen molar-refractivity contribution in [2.45, 2.75) is 39.5 Å². The van der Waals surface area contributed by atoms with E-state index in [9.17, 15) is 0 Å². The van der Waals surface area contributed by atoms with Crippen LogP contribution in [0, 0.1) is 35.5 Å². The molecule has 4 bridgehead atoms. The van der Waals surface area contributed by atoms with Gasteiger partial charge in [0.1, 0.15) is 0 Å². The van der Waals surface area contributed by atoms with Crippen molar-refractivity contribution in [3.05, 3.63) is 24.3 Å². The molecule has 0 saturated heterocycles. The highest BCUT2D eigenvalue weighted by atomic mass is 14.4. The van der Waals surface area contributed by atoms with E-state index in [1.165, 1.54) is 25.7 Å². The molecular formula is C16H24. The van der Waals surface area contributed by atoms with Crippen molar-refractivity contribution in [1.82, 2.24) is 0 Å². The summed E-state index contributed by atoms with van der Waals surface area (Å²) in [4.78, 5) is 0. The second-order valence-corrected chi connectivity index (χ2v) is 6.52. The molecule has 6 unspecified atom stereocenters. The Morgan fingerprint density at radius 3 is 1.19 bits per heavy atom. The predicted octanol–water partition coefficient (Wildman–Crippen LogP) is 4.44. The minimum absolute atomic E-state index is 0.958. The van der Waals surface area contributed by atoms with E-state index in [0.29, 0.717) is 0 Å². The van der Waals surface area contributed by atoms with Crippen LogP contribution in [-0.4, -0.2) is 0 Å². The lowest BCUT2D eigenvalue weighted by molar-refractivity contribution is 0.493. The Morgan fingerprint density at radius 1 is 0.625 bits per heavy atom. The largest absolute Gasteiger partial charge is 0.0851 e. The standard InChI is InChI=1S/2C8H12/c2*1-6-4-7-2-3-8(6)5-7/h2*2-3,6-8H,4-5H2,1H3. The zero-order chi connectivity index (χ0) is 11.1. The van der Waals surface area contributed by atoms with Gasteiger partial charge >= 0.3 is 0 Å². The molecular weight excluding hydrogens is 192 g/mol. The second-order valence-electron chi connectivity index (χ2n) is 6.52. The number of allylic oxidation sites excluding steroid dienone is 4. The molecule has 0 heterocycles. The van der Waals surface area contributed by atoms with E-state index in [4.69, 9.17) is 0 Å². The summed E-state index contributed by atoms with van der Waals surface area (Å²) in [5.41, 5.74) is 0. The van der Waals surface area contributed by atoms with E-state index in [-0.39, 0.29) is 0 Å². The Bertz CT molecular complexity index is 280. The molecule has 16 heavy (non-hydrogen) atoms. The highest BCUT2D eigenvalue weighted by Gasteiger charge is 2.32. The first kappa shape index (κ1) is 10.6. The quantitative estimate of drug-likeness (QED) is 0.525. The lowest BCUT2D eigenvalue weighted by Crippen LogP contribution is -1.99. The van der Waals surface area contributed by atoms with Gasteiger partial charge < -0.3 is 0 Å². The van der Waals surface area contributed by atoms with Gasteiger partial charge in [-0.3, -0.25) is 0 Å². The molecule has 4 rings (SSSR count). The maximum absolute atomic E-state index is 2.40. The minimum atomic E-state index is 0.958. The summed E-state index contributed by atoms with van der Waals surface area (Å²) in [6.07, 6.45) is 15.4. The maximum Gasteiger partial charge on any atom is -0.0202 e. The molecule has 4 aliphatic rings. The summed E-state index contributed by atoms with van der Waals surface area (Å²) in [6, 6.07) is 0. The molecule has 2 saturated carbocycles. The molecule has 0 radical (unpaired) electrons. The van der Waals surface area contributed by atoms with Crippen molar-refractivity contribution < 1.29 is 0 Å². The molecule has 0 aliphatic heterocycles. The zero-order valence-electron chi connectivity index (χ0n) is 10.6. The second kappa shape index (κ2) is 4.05. The van der Waals surface area contributed by atoms with Crippen LogP contribution in [0.2, 0.25) is 0 Å². The van der Waals surface area contributed by atoms with Crippen LogP contribution in [0.4, 0.5) is 0 Å². The van der Waals surface area contributed by atoms with Crippen LogP contribution in [0.1, 0.15) is 39.5 Å². The van der Waals surface area contributed by atoms with Crippen molar-refractivity contribution in [2.24, 2.45) is 35.5 Å². The van der Waals surface area contributed by atoms with E-state index >= 15 is 0 Å². The lowest BCUT2D eigenvalue weighted by atomic mass is 9.96. The van der Waals surface area contributed by atoms with Gasteiger partial charge in [-0.15, -0.1) is 0 Å². The Hall–Kier alpha value is -0.520. The summed E-state index contributed by atoms with van der Waals surface area (Å²) in [7, 11) is 0. The van der Waals surface area contributed by atoms with Gasteiger partial charge in [0.2, 0.25) is 0 Å². The monoisotopic (exact) mass is 216 g/mol. The van der Waals surface area contributed by atoms with Crippen LogP contribution >= 0.6 is 0 Å². The van der Waals surface area contributed by atoms with E-state index in [0.717, 1.165) is 35.5 Å². The third-order valence-electron chi connectivity index (χ3n) is 5.22. The van der Waals surface area contributed by atoms with Gasteiger partial charge in [-0.05, 0) is 61.2 Å². The predicted molar refractivity (Wildman–Crippen MR) is 69.0 cm³/mol. The summed E-state index contributed by atoms with van der Waals surface area (Å²) in [5, 5.41) is 0. The van der Waals surface area contributed by atoms with Crippen LogP contribution in [0.25, 0.3) is 0 Å². The van der Waals surface area contributed by atoms with Crippen molar-refractivity contribution in [1.29, 1.82) is 0 Å². The fourth-order valence-electron chi connectivity index (χ4n) is 4.11. The Labute approximate surface area is 99.8 Å². The van der Waals surface area contributed by atoms with Gasteiger partial charge in [0, 0.05) is 0 Å². The normalized spacial score (nSPS) is 50.9. The third kappa shape index (κ3) is 1.87. The van der Waals surface area contributed by atoms with E-state index in [1.807, 2.05) is 0 Å². The van der Waals surface area contributed by atoms with Crippen LogP contribution in [0.5, 0.6) is 0 Å². The Balaban J connectivity index is 0.000000101. The topological polar surface area (TPSA) is 0 Å². The van der Waals surface area contributed by atoms with Gasteiger partial charge in [-0.2, -0.15) is 0 Å². The smallest absolute Gasteiger partial charge is 0.0202 e. The first-order valence-corrected chi connectivity index (χ1v) is 7.09. The Kier molecular flexibility index (Phi) is 2.69. The van der Waals surface area contributed by atoms with Gasteiger partial charge in [-0.1, -0.05) is 38.2 Å². The van der Waals surface area contributed by atoms with Crippen molar-refractivity contribution in [3.8, 4) is 0 Å². The summed E-state index contributed by atoms with van der Waals surface area (Å²) in [6.45, 7) is 4.74. The molecule has 0 amide bonds. The molecule has 4 aliphatic carbocycles. The molecule has 0 nitrogen and oxygen atoms in total. The van der Waals surface area contributed by atoms with E-state index in [1.54, 1.807) is 0 Å². The van der Waals surface area contributed by atoms with Crippen LogP contribution in [0.3, 0.4) is 0 Å². The van der Waals surface area contributed by atoms with Crippen LogP contribution in [0.15, 0.2) is 24.3 Å². The Morgan fingerprint density at radius 2 is 1.06 bits per heavy atom. The molecule has 0 aromatic carbocycles. The first-order chi connectivity index (χ1) is 7.72. The van der Waals surface area contributed by atoms with Crippen molar-refractivity contribution in [3.63, 3.8) is 0 Å². The molecule has 0 heteroatoms. The molecule has 0 spiro atoms. The van der Waals surface area contributed by atoms with E-state index < -0.39 is 0 Å². The van der Waals surface area contributed by atoms with Gasteiger partial charge in [-0.25, -0.2) is 0 Å². The molecule has 88 valence electrons. The number of rotatable bonds is 0. The molecule has 2 fully saturated rings. The summed E-state index contributed by atoms with van der Waals surface area (Å²) in [5.74, 6) is 5.83. The lowest BCUT2D eigenvalue weighted by Gasteiger charge is -2.09. The molecule has 0 N–H and O–H groups in total. The number of hydrogen-bond acceptors (Lipinski definition) is 0. The average Bonchev–Trinajstić information content (AvgIpc) is 2.94.